The van der Waals surface area contributed by atoms with E-state index in [1.165, 1.54) is 17.2 Å². The van der Waals surface area contributed by atoms with Crippen molar-refractivity contribution in [2.45, 2.75) is 6.54 Å². The summed E-state index contributed by atoms with van der Waals surface area (Å²) in [6.07, 6.45) is 2.60. The third kappa shape index (κ3) is 4.80. The molecule has 10 nitrogen and oxygen atoms in total. The molecule has 0 saturated heterocycles. The van der Waals surface area contributed by atoms with Crippen LogP contribution >= 0.6 is 11.6 Å². The van der Waals surface area contributed by atoms with Gasteiger partial charge in [-0.3, -0.25) is 14.6 Å². The highest BCUT2D eigenvalue weighted by Crippen LogP contribution is 2.41. The van der Waals surface area contributed by atoms with Crippen LogP contribution in [-0.2, 0) is 11.3 Å². The van der Waals surface area contributed by atoms with Crippen LogP contribution in [-0.4, -0.2) is 45.3 Å². The zero-order valence-electron chi connectivity index (χ0n) is 18.2. The Morgan fingerprint density at radius 1 is 1.26 bits per heavy atom. The van der Waals surface area contributed by atoms with Crippen molar-refractivity contribution in [2.24, 2.45) is 0 Å². The number of fused-ring (bicyclic) bond motifs is 1. The molecule has 2 heterocycles. The molecule has 0 radical (unpaired) electrons. The van der Waals surface area contributed by atoms with Gasteiger partial charge in [-0.25, -0.2) is 14.2 Å². The molecule has 35 heavy (non-hydrogen) atoms. The number of hydrogen-bond acceptors (Lipinski definition) is 7. The standard InChI is InChI=1S/C23H20ClFN6O4/c1-2-19(34)27-15-5-3-4-6-16(15)28-22-26-11-13-12-31(17-9-14(32)10-18(33)20(17)24)23(35)30(8-7-25)21(13)29-22/h2-6,9-11,32-33H,1,7-8,12H2,(H,27,34)(H,26,28,29). The van der Waals surface area contributed by atoms with Crippen molar-refractivity contribution in [1.29, 1.82) is 0 Å². The number of para-hydroxylation sites is 2. The lowest BCUT2D eigenvalue weighted by atomic mass is 10.1. The lowest BCUT2D eigenvalue weighted by Crippen LogP contribution is -2.49. The number of phenols is 2. The molecule has 2 aromatic carbocycles. The fraction of sp³-hybridized carbons (Fsp3) is 0.130. The van der Waals surface area contributed by atoms with Gasteiger partial charge < -0.3 is 20.8 Å². The maximum absolute atomic E-state index is 13.4. The number of carbonyl (C=O) groups is 2. The molecule has 0 fully saturated rings. The number of carbonyl (C=O) groups excluding carboxylic acids is 2. The zero-order valence-corrected chi connectivity index (χ0v) is 19.0. The summed E-state index contributed by atoms with van der Waals surface area (Å²) in [6.45, 7) is 2.25. The molecule has 180 valence electrons. The minimum absolute atomic E-state index is 0.0359. The van der Waals surface area contributed by atoms with Crippen LogP contribution in [0.25, 0.3) is 0 Å². The van der Waals surface area contributed by atoms with Gasteiger partial charge in [-0.2, -0.15) is 4.98 Å². The quantitative estimate of drug-likeness (QED) is 0.357. The number of alkyl halides is 1. The first-order chi connectivity index (χ1) is 16.8. The number of rotatable bonds is 7. The predicted octanol–water partition coefficient (Wildman–Crippen LogP) is 4.33. The highest BCUT2D eigenvalue weighted by atomic mass is 35.5. The predicted molar refractivity (Wildman–Crippen MR) is 130 cm³/mol. The Hall–Kier alpha value is -4.38. The summed E-state index contributed by atoms with van der Waals surface area (Å²) in [5, 5.41) is 25.4. The van der Waals surface area contributed by atoms with Crippen LogP contribution in [0.2, 0.25) is 5.02 Å². The maximum atomic E-state index is 13.4. The first kappa shape index (κ1) is 23.8. The number of urea groups is 1. The van der Waals surface area contributed by atoms with Gasteiger partial charge >= 0.3 is 6.03 Å². The Bertz CT molecular complexity index is 1320. The lowest BCUT2D eigenvalue weighted by molar-refractivity contribution is -0.111. The minimum Gasteiger partial charge on any atom is -0.508 e. The first-order valence-corrected chi connectivity index (χ1v) is 10.7. The SMILES string of the molecule is C=CC(=O)Nc1ccccc1Nc1ncc2c(n1)N(CCF)C(=O)N(c1cc(O)cc(O)c1Cl)C2. The topological polar surface area (TPSA) is 131 Å². The zero-order chi connectivity index (χ0) is 25.1. The molecule has 1 aliphatic heterocycles. The highest BCUT2D eigenvalue weighted by molar-refractivity contribution is 6.35. The van der Waals surface area contributed by atoms with Gasteiger partial charge in [0.05, 0.1) is 30.2 Å². The number of hydrogen-bond donors (Lipinski definition) is 4. The van der Waals surface area contributed by atoms with Crippen LogP contribution in [0.3, 0.4) is 0 Å². The third-order valence-electron chi connectivity index (χ3n) is 5.12. The Morgan fingerprint density at radius 3 is 2.71 bits per heavy atom. The van der Waals surface area contributed by atoms with Crippen molar-refractivity contribution in [3.63, 3.8) is 0 Å². The second-order valence-corrected chi connectivity index (χ2v) is 7.79. The molecule has 0 aliphatic carbocycles. The normalized spacial score (nSPS) is 12.8. The maximum Gasteiger partial charge on any atom is 0.330 e. The van der Waals surface area contributed by atoms with E-state index in [4.69, 9.17) is 11.6 Å². The monoisotopic (exact) mass is 498 g/mol. The van der Waals surface area contributed by atoms with Gasteiger partial charge in [0, 0.05) is 23.9 Å². The molecule has 12 heteroatoms. The highest BCUT2D eigenvalue weighted by Gasteiger charge is 2.34. The Labute approximate surface area is 204 Å². The summed E-state index contributed by atoms with van der Waals surface area (Å²) in [5.74, 6) is -0.801. The molecule has 3 aromatic rings. The summed E-state index contributed by atoms with van der Waals surface area (Å²) < 4.78 is 13.4. The molecular weight excluding hydrogens is 479 g/mol. The molecule has 4 rings (SSSR count). The number of halogens is 2. The van der Waals surface area contributed by atoms with E-state index in [0.29, 0.717) is 16.9 Å². The number of benzene rings is 2. The largest absolute Gasteiger partial charge is 0.508 e. The lowest BCUT2D eigenvalue weighted by Gasteiger charge is -2.36. The molecule has 0 bridgehead atoms. The van der Waals surface area contributed by atoms with Crippen LogP contribution in [0.1, 0.15) is 5.56 Å². The summed E-state index contributed by atoms with van der Waals surface area (Å²) in [5.41, 5.74) is 1.49. The second kappa shape index (κ2) is 9.85. The van der Waals surface area contributed by atoms with Gasteiger partial charge in [-0.1, -0.05) is 30.3 Å². The van der Waals surface area contributed by atoms with Gasteiger partial charge in [0.15, 0.2) is 0 Å². The summed E-state index contributed by atoms with van der Waals surface area (Å²) >= 11 is 6.17. The van der Waals surface area contributed by atoms with Crippen LogP contribution in [0.15, 0.2) is 55.3 Å². The number of aromatic nitrogens is 2. The van der Waals surface area contributed by atoms with Crippen molar-refractivity contribution >= 4 is 52.4 Å². The summed E-state index contributed by atoms with van der Waals surface area (Å²) in [7, 11) is 0. The van der Waals surface area contributed by atoms with Crippen LogP contribution in [0.5, 0.6) is 11.5 Å². The van der Waals surface area contributed by atoms with Gasteiger partial charge in [0.2, 0.25) is 11.9 Å². The van der Waals surface area contributed by atoms with E-state index in [2.05, 4.69) is 27.2 Å². The van der Waals surface area contributed by atoms with Gasteiger partial charge in [-0.15, -0.1) is 0 Å². The third-order valence-corrected chi connectivity index (χ3v) is 5.51. The van der Waals surface area contributed by atoms with E-state index in [1.807, 2.05) is 0 Å². The molecule has 1 aromatic heterocycles. The number of nitrogens with one attached hydrogen (secondary N) is 2. The van der Waals surface area contributed by atoms with E-state index < -0.39 is 24.4 Å². The van der Waals surface area contributed by atoms with Crippen molar-refractivity contribution in [1.82, 2.24) is 9.97 Å². The van der Waals surface area contributed by atoms with E-state index in [1.54, 1.807) is 24.3 Å². The van der Waals surface area contributed by atoms with E-state index >= 15 is 0 Å². The number of phenolic OH excluding ortho intramolecular Hbond substituents is 2. The van der Waals surface area contributed by atoms with Crippen LogP contribution in [0, 0.1) is 0 Å². The average Bonchev–Trinajstić information content (AvgIpc) is 2.84. The molecule has 3 amide bonds. The molecule has 4 N–H and O–H groups in total. The van der Waals surface area contributed by atoms with Crippen LogP contribution in [0.4, 0.5) is 38.0 Å². The van der Waals surface area contributed by atoms with Gasteiger partial charge in [0.25, 0.3) is 0 Å². The molecule has 0 saturated carbocycles. The van der Waals surface area contributed by atoms with Crippen molar-refractivity contribution in [3.8, 4) is 11.5 Å². The summed E-state index contributed by atoms with van der Waals surface area (Å²) in [4.78, 5) is 36.0. The number of nitrogens with zero attached hydrogens (tertiary/aromatic N) is 4. The first-order valence-electron chi connectivity index (χ1n) is 10.3. The van der Waals surface area contributed by atoms with Gasteiger partial charge in [0.1, 0.15) is 29.0 Å². The van der Waals surface area contributed by atoms with Crippen molar-refractivity contribution < 1.29 is 24.2 Å². The Morgan fingerprint density at radius 2 is 2.00 bits per heavy atom. The number of amides is 3. The molecule has 0 atom stereocenters. The van der Waals surface area contributed by atoms with Crippen molar-refractivity contribution in [2.75, 3.05) is 33.7 Å². The van der Waals surface area contributed by atoms with Gasteiger partial charge in [-0.05, 0) is 18.2 Å². The Balaban J connectivity index is 1.69. The molecule has 0 spiro atoms. The fourth-order valence-electron chi connectivity index (χ4n) is 3.53. The number of aromatic hydroxyl groups is 2. The fourth-order valence-corrected chi connectivity index (χ4v) is 3.74. The second-order valence-electron chi connectivity index (χ2n) is 7.41. The summed E-state index contributed by atoms with van der Waals surface area (Å²) in [6, 6.07) is 8.48. The number of anilines is 5. The van der Waals surface area contributed by atoms with E-state index in [9.17, 15) is 24.2 Å². The minimum atomic E-state index is -0.846. The van der Waals surface area contributed by atoms with Crippen molar-refractivity contribution in [3.05, 3.63) is 65.8 Å². The molecular formula is C23H20ClFN6O4. The van der Waals surface area contributed by atoms with E-state index in [0.717, 1.165) is 17.0 Å². The average molecular weight is 499 g/mol. The molecule has 1 aliphatic rings. The Kier molecular flexibility index (Phi) is 6.69. The van der Waals surface area contributed by atoms with E-state index in [-0.39, 0.29) is 41.3 Å². The van der Waals surface area contributed by atoms with Crippen LogP contribution < -0.4 is 20.4 Å². The smallest absolute Gasteiger partial charge is 0.330 e. The molecule has 0 unspecified atom stereocenters.